The third-order valence-corrected chi connectivity index (χ3v) is 6.94. The van der Waals surface area contributed by atoms with Crippen LogP contribution in [-0.4, -0.2) is 30.0 Å². The fraction of sp³-hybridized carbons (Fsp3) is 1.00. The van der Waals surface area contributed by atoms with Crippen LogP contribution in [0.15, 0.2) is 0 Å². The Morgan fingerprint density at radius 1 is 1.00 bits per heavy atom. The standard InChI is InChI=1S/C7H19OP/c1-7(2,3)9(4,5,6)8/h8H,1-6H3. The van der Waals surface area contributed by atoms with E-state index in [1.54, 1.807) is 0 Å². The van der Waals surface area contributed by atoms with E-state index < -0.39 is 6.83 Å². The maximum absolute atomic E-state index is 9.95. The van der Waals surface area contributed by atoms with E-state index in [1.165, 1.54) is 0 Å². The van der Waals surface area contributed by atoms with E-state index in [2.05, 4.69) is 20.8 Å². The molecule has 1 nitrogen and oxygen atoms in total. The van der Waals surface area contributed by atoms with Gasteiger partial charge in [-0.25, -0.2) is 0 Å². The van der Waals surface area contributed by atoms with Gasteiger partial charge in [0.1, 0.15) is 0 Å². The fourth-order valence-electron chi connectivity index (χ4n) is 0. The average Bonchev–Trinajstić information content (AvgIpc) is 1.20. The Bertz CT molecular complexity index is 104. The second-order valence-electron chi connectivity index (χ2n) is 4.88. The van der Waals surface area contributed by atoms with Gasteiger partial charge in [-0.2, -0.15) is 0 Å². The first-order valence-electron chi connectivity index (χ1n) is 3.27. The second kappa shape index (κ2) is 1.71. The molecule has 0 spiro atoms. The number of hydrogen-bond acceptors (Lipinski definition) is 1. The van der Waals surface area contributed by atoms with Crippen LogP contribution < -0.4 is 0 Å². The first-order valence-corrected chi connectivity index (χ1v) is 6.80. The van der Waals surface area contributed by atoms with Crippen LogP contribution in [0.2, 0.25) is 0 Å². The van der Waals surface area contributed by atoms with Crippen LogP contribution >= 0.6 is 6.83 Å². The molecule has 0 atom stereocenters. The molecule has 0 aliphatic carbocycles. The molecule has 0 aliphatic rings. The Balaban J connectivity index is 4.56. The molecule has 0 aliphatic heterocycles. The molecule has 0 saturated carbocycles. The van der Waals surface area contributed by atoms with Gasteiger partial charge in [0, 0.05) is 0 Å². The molecule has 0 bridgehead atoms. The summed E-state index contributed by atoms with van der Waals surface area (Å²) in [5, 5.41) is 0.0611. The monoisotopic (exact) mass is 150 g/mol. The summed E-state index contributed by atoms with van der Waals surface area (Å²) in [6.45, 7) is 9.88. The van der Waals surface area contributed by atoms with Gasteiger partial charge in [-0.15, -0.1) is 0 Å². The van der Waals surface area contributed by atoms with Crippen molar-refractivity contribution in [3.05, 3.63) is 0 Å². The maximum atomic E-state index is 9.95. The molecular weight excluding hydrogens is 131 g/mol. The van der Waals surface area contributed by atoms with Gasteiger partial charge in [0.05, 0.1) is 0 Å². The van der Waals surface area contributed by atoms with Crippen molar-refractivity contribution < 1.29 is 4.89 Å². The molecule has 0 aromatic heterocycles. The molecule has 0 unspecified atom stereocenters. The molecular formula is C7H19OP. The van der Waals surface area contributed by atoms with Crippen LogP contribution in [-0.2, 0) is 0 Å². The summed E-state index contributed by atoms with van der Waals surface area (Å²) >= 11 is 0. The molecule has 58 valence electrons. The first kappa shape index (κ1) is 9.39. The van der Waals surface area contributed by atoms with Crippen LogP contribution in [0.1, 0.15) is 20.8 Å². The van der Waals surface area contributed by atoms with E-state index >= 15 is 0 Å². The van der Waals surface area contributed by atoms with E-state index in [-0.39, 0.29) is 5.16 Å². The SMILES string of the molecule is CC(C)(C)P(C)(C)(C)O. The predicted octanol–water partition coefficient (Wildman–Crippen LogP) is 2.13. The summed E-state index contributed by atoms with van der Waals surface area (Å²) in [6, 6.07) is 0. The molecule has 0 amide bonds. The van der Waals surface area contributed by atoms with Gasteiger partial charge in [0.15, 0.2) is 0 Å². The summed E-state index contributed by atoms with van der Waals surface area (Å²) < 4.78 is 0. The van der Waals surface area contributed by atoms with E-state index in [0.717, 1.165) is 0 Å². The van der Waals surface area contributed by atoms with Crippen molar-refractivity contribution in [3.8, 4) is 0 Å². The second-order valence-corrected chi connectivity index (χ2v) is 11.6. The quantitative estimate of drug-likeness (QED) is 0.524. The van der Waals surface area contributed by atoms with Crippen LogP contribution in [0.4, 0.5) is 0 Å². The third kappa shape index (κ3) is 2.23. The molecule has 2 heteroatoms. The molecule has 0 heterocycles. The Morgan fingerprint density at radius 2 is 1.11 bits per heavy atom. The summed E-state index contributed by atoms with van der Waals surface area (Å²) in [7, 11) is 0. The fourth-order valence-corrected chi connectivity index (χ4v) is 0. The van der Waals surface area contributed by atoms with E-state index in [9.17, 15) is 4.89 Å². The molecule has 9 heavy (non-hydrogen) atoms. The van der Waals surface area contributed by atoms with Crippen LogP contribution in [0, 0.1) is 0 Å². The third-order valence-electron chi connectivity index (χ3n) is 2.31. The van der Waals surface area contributed by atoms with E-state index in [4.69, 9.17) is 0 Å². The Kier molecular flexibility index (Phi) is 1.78. The van der Waals surface area contributed by atoms with Crippen molar-refractivity contribution >= 4 is 6.83 Å². The van der Waals surface area contributed by atoms with Crippen molar-refractivity contribution in [2.45, 2.75) is 25.9 Å². The van der Waals surface area contributed by atoms with Gasteiger partial charge in [-0.3, -0.25) is 0 Å². The molecule has 0 aromatic rings. The van der Waals surface area contributed by atoms with Gasteiger partial charge < -0.3 is 0 Å². The van der Waals surface area contributed by atoms with Crippen LogP contribution in [0.5, 0.6) is 0 Å². The average molecular weight is 150 g/mol. The molecule has 0 fully saturated rings. The number of rotatable bonds is 0. The Morgan fingerprint density at radius 3 is 1.11 bits per heavy atom. The van der Waals surface area contributed by atoms with Gasteiger partial charge in [-0.1, -0.05) is 0 Å². The predicted molar refractivity (Wildman–Crippen MR) is 46.7 cm³/mol. The summed E-state index contributed by atoms with van der Waals surface area (Å²) in [4.78, 5) is 9.95. The molecule has 0 aromatic carbocycles. The molecule has 1 N–H and O–H groups in total. The van der Waals surface area contributed by atoms with Crippen LogP contribution in [0.3, 0.4) is 0 Å². The van der Waals surface area contributed by atoms with Gasteiger partial charge in [0.2, 0.25) is 0 Å². The van der Waals surface area contributed by atoms with Gasteiger partial charge >= 0.3 is 57.6 Å². The minimum atomic E-state index is -2.31. The molecule has 0 rings (SSSR count). The van der Waals surface area contributed by atoms with Crippen molar-refractivity contribution in [1.82, 2.24) is 0 Å². The zero-order valence-corrected chi connectivity index (χ0v) is 8.29. The van der Waals surface area contributed by atoms with Gasteiger partial charge in [-0.05, 0) is 0 Å². The Hall–Kier alpha value is 0.390. The van der Waals surface area contributed by atoms with E-state index in [0.29, 0.717) is 0 Å². The number of hydrogen-bond donors (Lipinski definition) is 1. The molecule has 0 saturated heterocycles. The van der Waals surface area contributed by atoms with Crippen molar-refractivity contribution in [1.29, 1.82) is 0 Å². The van der Waals surface area contributed by atoms with E-state index in [1.807, 2.05) is 20.0 Å². The van der Waals surface area contributed by atoms with Crippen molar-refractivity contribution in [2.75, 3.05) is 20.0 Å². The zero-order valence-electron chi connectivity index (χ0n) is 7.39. The summed E-state index contributed by atoms with van der Waals surface area (Å²) in [6.07, 6.45) is 0. The minimum absolute atomic E-state index is 0.0611. The van der Waals surface area contributed by atoms with Gasteiger partial charge in [0.25, 0.3) is 0 Å². The van der Waals surface area contributed by atoms with Crippen LogP contribution in [0.25, 0.3) is 0 Å². The van der Waals surface area contributed by atoms with Crippen molar-refractivity contribution in [2.24, 2.45) is 0 Å². The zero-order chi connectivity index (χ0) is 7.95. The normalized spacial score (nSPS) is 18.8. The topological polar surface area (TPSA) is 20.2 Å². The Labute approximate surface area is 58.5 Å². The summed E-state index contributed by atoms with van der Waals surface area (Å²) in [5.74, 6) is 0. The first-order chi connectivity index (χ1) is 3.51. The molecule has 0 radical (unpaired) electrons. The van der Waals surface area contributed by atoms with Crippen molar-refractivity contribution in [3.63, 3.8) is 0 Å². The summed E-state index contributed by atoms with van der Waals surface area (Å²) in [5.41, 5.74) is 0.